The summed E-state index contributed by atoms with van der Waals surface area (Å²) in [6.45, 7) is 15.3. The average Bonchev–Trinajstić information content (AvgIpc) is 2.91. The van der Waals surface area contributed by atoms with Crippen molar-refractivity contribution in [2.24, 2.45) is 0 Å². The van der Waals surface area contributed by atoms with E-state index in [4.69, 9.17) is 27.1 Å². The molecule has 0 spiro atoms. The van der Waals surface area contributed by atoms with E-state index in [1.165, 1.54) is 24.3 Å². The normalized spacial score (nSPS) is 11.5. The first-order valence-corrected chi connectivity index (χ1v) is 18.4. The van der Waals surface area contributed by atoms with E-state index in [-0.39, 0.29) is 11.5 Å². The molecule has 0 aromatic heterocycles. The van der Waals surface area contributed by atoms with Crippen LogP contribution in [0.15, 0.2) is 97.1 Å². The summed E-state index contributed by atoms with van der Waals surface area (Å²) in [6, 6.07) is 28.0. The highest BCUT2D eigenvalue weighted by Crippen LogP contribution is 2.52. The van der Waals surface area contributed by atoms with Gasteiger partial charge < -0.3 is 27.1 Å². The van der Waals surface area contributed by atoms with Crippen LogP contribution in [0.5, 0.6) is 34.5 Å². The first-order valence-electron chi connectivity index (χ1n) is 15.4. The molecule has 0 aliphatic carbocycles. The predicted octanol–water partition coefficient (Wildman–Crippen LogP) is 11.4. The second kappa shape index (κ2) is 14.2. The lowest BCUT2D eigenvalue weighted by atomic mass is 10.1. The minimum absolute atomic E-state index is 0.166. The Balaban J connectivity index is 1.43. The van der Waals surface area contributed by atoms with E-state index < -0.39 is 15.6 Å². The predicted molar refractivity (Wildman–Crippen MR) is 189 cm³/mol. The summed E-state index contributed by atoms with van der Waals surface area (Å²) in [5, 5.41) is 0. The van der Waals surface area contributed by atoms with Gasteiger partial charge in [0.2, 0.25) is 0 Å². The quantitative estimate of drug-likeness (QED) is 0.120. The fraction of sp³-hybridized carbons (Fsp3) is 0.211. The zero-order valence-corrected chi connectivity index (χ0v) is 30.2. The molecule has 0 atom stereocenters. The molecular weight excluding hydrogens is 646 g/mol. The van der Waals surface area contributed by atoms with Crippen molar-refractivity contribution in [2.45, 2.75) is 55.4 Å². The number of phosphoric acid groups is 2. The van der Waals surface area contributed by atoms with Crippen molar-refractivity contribution in [1.82, 2.24) is 0 Å². The topological polar surface area (TPSA) is 89.5 Å². The Morgan fingerprint density at radius 3 is 0.646 bits per heavy atom. The van der Waals surface area contributed by atoms with Crippen molar-refractivity contribution in [3.8, 4) is 34.5 Å². The van der Waals surface area contributed by atoms with Crippen LogP contribution in [0.25, 0.3) is 0 Å². The van der Waals surface area contributed by atoms with E-state index in [9.17, 15) is 9.13 Å². The fourth-order valence-electron chi connectivity index (χ4n) is 5.39. The first-order chi connectivity index (χ1) is 22.6. The molecule has 5 aromatic rings. The highest BCUT2D eigenvalue weighted by Gasteiger charge is 2.35. The number of benzene rings is 5. The molecule has 0 amide bonds. The molecule has 48 heavy (non-hydrogen) atoms. The molecular formula is C38H40O8P2. The van der Waals surface area contributed by atoms with Crippen LogP contribution in [0.3, 0.4) is 0 Å². The highest BCUT2D eigenvalue weighted by molar-refractivity contribution is 7.50. The van der Waals surface area contributed by atoms with Gasteiger partial charge in [-0.2, -0.15) is 9.13 Å². The van der Waals surface area contributed by atoms with E-state index in [2.05, 4.69) is 0 Å². The number of hydrogen-bond acceptors (Lipinski definition) is 8. The number of rotatable bonds is 12. The molecule has 0 unspecified atom stereocenters. The largest absolute Gasteiger partial charge is 0.647 e. The molecule has 0 heterocycles. The van der Waals surface area contributed by atoms with Crippen LogP contribution in [0.4, 0.5) is 0 Å². The van der Waals surface area contributed by atoms with Gasteiger partial charge in [-0.25, -0.2) is 0 Å². The summed E-state index contributed by atoms with van der Waals surface area (Å²) < 4.78 is 64.0. The van der Waals surface area contributed by atoms with Crippen molar-refractivity contribution < 1.29 is 36.3 Å². The van der Waals surface area contributed by atoms with Gasteiger partial charge in [-0.15, -0.1) is 0 Å². The summed E-state index contributed by atoms with van der Waals surface area (Å²) in [7, 11) is -8.55. The van der Waals surface area contributed by atoms with E-state index in [1.807, 2.05) is 79.7 Å². The van der Waals surface area contributed by atoms with E-state index in [0.717, 1.165) is 44.5 Å². The minimum Gasteiger partial charge on any atom is -0.386 e. The Hall–Kier alpha value is -4.64. The average molecular weight is 687 g/mol. The van der Waals surface area contributed by atoms with Crippen molar-refractivity contribution in [2.75, 3.05) is 0 Å². The molecule has 250 valence electrons. The van der Waals surface area contributed by atoms with Gasteiger partial charge in [0.15, 0.2) is 0 Å². The molecule has 0 saturated heterocycles. The maximum Gasteiger partial charge on any atom is 0.647 e. The molecule has 0 aliphatic rings. The van der Waals surface area contributed by atoms with Crippen molar-refractivity contribution in [3.63, 3.8) is 0 Å². The summed E-state index contributed by atoms with van der Waals surface area (Å²) in [4.78, 5) is 0. The molecule has 10 heteroatoms. The number of hydrogen-bond donors (Lipinski definition) is 0. The van der Waals surface area contributed by atoms with Gasteiger partial charge in [-0.1, -0.05) is 24.3 Å². The van der Waals surface area contributed by atoms with Crippen molar-refractivity contribution >= 4 is 15.6 Å². The van der Waals surface area contributed by atoms with Crippen LogP contribution in [0.2, 0.25) is 0 Å². The Labute approximate surface area is 282 Å². The third-order valence-electron chi connectivity index (χ3n) is 6.91. The Morgan fingerprint density at radius 2 is 0.458 bits per heavy atom. The van der Waals surface area contributed by atoms with E-state index in [1.54, 1.807) is 48.5 Å². The number of aryl methyl sites for hydroxylation is 8. The smallest absolute Gasteiger partial charge is 0.386 e. The highest BCUT2D eigenvalue weighted by atomic mass is 31.2. The van der Waals surface area contributed by atoms with Gasteiger partial charge in [-0.3, -0.25) is 0 Å². The molecule has 5 aromatic carbocycles. The molecule has 8 nitrogen and oxygen atoms in total. The zero-order valence-electron chi connectivity index (χ0n) is 28.4. The molecule has 0 aliphatic heterocycles. The third-order valence-corrected chi connectivity index (χ3v) is 9.51. The third kappa shape index (κ3) is 9.70. The summed E-state index contributed by atoms with van der Waals surface area (Å²) in [5.41, 5.74) is 7.44. The van der Waals surface area contributed by atoms with Gasteiger partial charge in [-0.05, 0) is 173 Å². The second-order valence-corrected chi connectivity index (χ2v) is 15.1. The van der Waals surface area contributed by atoms with Crippen LogP contribution in [0, 0.1) is 55.4 Å². The molecule has 0 fully saturated rings. The maximum absolute atomic E-state index is 14.2. The van der Waals surface area contributed by atoms with Crippen molar-refractivity contribution in [3.05, 3.63) is 142 Å². The lowest BCUT2D eigenvalue weighted by Gasteiger charge is -2.21. The molecule has 0 radical (unpaired) electrons. The van der Waals surface area contributed by atoms with Crippen LogP contribution >= 0.6 is 15.6 Å². The molecule has 0 bridgehead atoms. The summed E-state index contributed by atoms with van der Waals surface area (Å²) >= 11 is 0. The lowest BCUT2D eigenvalue weighted by Crippen LogP contribution is -2.09. The maximum atomic E-state index is 14.2. The summed E-state index contributed by atoms with van der Waals surface area (Å²) in [6.07, 6.45) is 0. The van der Waals surface area contributed by atoms with Gasteiger partial charge in [0.25, 0.3) is 0 Å². The molecule has 0 saturated carbocycles. The Morgan fingerprint density at radius 1 is 0.292 bits per heavy atom. The lowest BCUT2D eigenvalue weighted by molar-refractivity contribution is 0.293. The van der Waals surface area contributed by atoms with Gasteiger partial charge in [0.1, 0.15) is 34.5 Å². The van der Waals surface area contributed by atoms with Crippen LogP contribution in [-0.4, -0.2) is 0 Å². The minimum atomic E-state index is -4.28. The SMILES string of the molecule is Cc1cc(C)cc(OP(=O)(Oc2ccc(OP(=O)(Oc3cc(C)cc(C)c3)Oc3cc(C)cc(C)c3)cc2)Oc2cc(C)cc(C)c2)c1. The van der Waals surface area contributed by atoms with E-state index in [0.29, 0.717) is 23.0 Å². The second-order valence-electron chi connectivity index (χ2n) is 12.2. The van der Waals surface area contributed by atoms with Crippen LogP contribution in [0.1, 0.15) is 44.5 Å². The monoisotopic (exact) mass is 686 g/mol. The summed E-state index contributed by atoms with van der Waals surface area (Å²) in [5.74, 6) is 1.70. The Kier molecular flexibility index (Phi) is 10.3. The van der Waals surface area contributed by atoms with E-state index >= 15 is 0 Å². The standard InChI is InChI=1S/C38H40O8P2/c1-25-13-26(2)18-35(17-25)43-47(39,44-36-19-27(3)14-28(4)20-36)41-33-9-11-34(12-10-33)42-48(40,45-37-21-29(5)15-30(6)22-37)46-38-23-31(7)16-32(8)24-38/h9-24H,1-8H3. The fourth-order valence-corrected chi connectivity index (χ4v) is 7.83. The van der Waals surface area contributed by atoms with Gasteiger partial charge in [0, 0.05) is 0 Å². The Bertz CT molecular complexity index is 1700. The molecule has 5 rings (SSSR count). The van der Waals surface area contributed by atoms with Crippen LogP contribution < -0.4 is 27.1 Å². The molecule has 0 N–H and O–H groups in total. The first kappa shape index (κ1) is 34.7. The van der Waals surface area contributed by atoms with Gasteiger partial charge in [0.05, 0.1) is 0 Å². The van der Waals surface area contributed by atoms with Crippen LogP contribution in [-0.2, 0) is 9.13 Å². The van der Waals surface area contributed by atoms with Crippen molar-refractivity contribution in [1.29, 1.82) is 0 Å². The number of phosphoric ester groups is 2. The zero-order chi connectivity index (χ0) is 34.6. The van der Waals surface area contributed by atoms with Gasteiger partial charge >= 0.3 is 15.6 Å².